The van der Waals surface area contributed by atoms with Gasteiger partial charge in [0.1, 0.15) is 5.82 Å². The molecule has 2 fully saturated rings. The molecule has 0 atom stereocenters. The molecule has 2 aliphatic rings. The van der Waals surface area contributed by atoms with E-state index in [1.165, 1.54) is 5.56 Å². The number of rotatable bonds is 4. The zero-order valence-electron chi connectivity index (χ0n) is 17.3. The van der Waals surface area contributed by atoms with Crippen molar-refractivity contribution < 1.29 is 9.57 Å². The van der Waals surface area contributed by atoms with Gasteiger partial charge in [-0.05, 0) is 37.8 Å². The van der Waals surface area contributed by atoms with Crippen LogP contribution in [0.4, 0.5) is 5.82 Å². The fourth-order valence-electron chi connectivity index (χ4n) is 3.45. The van der Waals surface area contributed by atoms with Crippen LogP contribution in [0, 0.1) is 0 Å². The molecule has 1 saturated carbocycles. The van der Waals surface area contributed by atoms with Crippen molar-refractivity contribution >= 4 is 5.82 Å². The third-order valence-corrected chi connectivity index (χ3v) is 5.05. The van der Waals surface area contributed by atoms with Crippen molar-refractivity contribution in [3.05, 3.63) is 23.9 Å². The maximum absolute atomic E-state index is 6.13. The van der Waals surface area contributed by atoms with Gasteiger partial charge in [0.15, 0.2) is 0 Å². The van der Waals surface area contributed by atoms with Crippen LogP contribution in [-0.2, 0) is 15.0 Å². The van der Waals surface area contributed by atoms with E-state index in [0.29, 0.717) is 12.2 Å². The van der Waals surface area contributed by atoms with Crippen LogP contribution < -0.4 is 4.90 Å². The normalized spacial score (nSPS) is 25.2. The number of aromatic nitrogens is 1. The second-order valence-corrected chi connectivity index (χ2v) is 9.62. The van der Waals surface area contributed by atoms with Crippen LogP contribution in [0.25, 0.3) is 0 Å². The quantitative estimate of drug-likeness (QED) is 0.816. The molecule has 1 aliphatic carbocycles. The Morgan fingerprint density at radius 1 is 0.923 bits per heavy atom. The van der Waals surface area contributed by atoms with Crippen molar-refractivity contribution in [3.63, 3.8) is 0 Å². The van der Waals surface area contributed by atoms with Crippen molar-refractivity contribution in [3.8, 4) is 0 Å². The third kappa shape index (κ3) is 5.18. The number of nitrogens with zero attached hydrogens (tertiary/aromatic N) is 3. The smallest absolute Gasteiger partial charge is 0.128 e. The molecule has 1 aliphatic heterocycles. The predicted octanol–water partition coefficient (Wildman–Crippen LogP) is 3.78. The van der Waals surface area contributed by atoms with Crippen LogP contribution in [0.5, 0.6) is 0 Å². The van der Waals surface area contributed by atoms with E-state index < -0.39 is 0 Å². The topological polar surface area (TPSA) is 37.8 Å². The summed E-state index contributed by atoms with van der Waals surface area (Å²) in [6.45, 7) is 16.8. The van der Waals surface area contributed by atoms with Crippen LogP contribution in [0.1, 0.15) is 59.9 Å². The summed E-state index contributed by atoms with van der Waals surface area (Å²) in [4.78, 5) is 13.1. The van der Waals surface area contributed by atoms with E-state index in [9.17, 15) is 0 Å². The average Bonchev–Trinajstić information content (AvgIpc) is 2.52. The first-order valence-corrected chi connectivity index (χ1v) is 9.91. The van der Waals surface area contributed by atoms with Gasteiger partial charge in [-0.1, -0.05) is 26.8 Å². The Labute approximate surface area is 158 Å². The van der Waals surface area contributed by atoms with E-state index >= 15 is 0 Å². The fourth-order valence-corrected chi connectivity index (χ4v) is 3.45. The Hall–Kier alpha value is -1.17. The molecule has 0 radical (unpaired) electrons. The minimum absolute atomic E-state index is 0.0587. The van der Waals surface area contributed by atoms with E-state index in [-0.39, 0.29) is 11.0 Å². The van der Waals surface area contributed by atoms with E-state index in [4.69, 9.17) is 9.57 Å². The lowest BCUT2D eigenvalue weighted by Crippen LogP contribution is -2.51. The van der Waals surface area contributed by atoms with Gasteiger partial charge in [0.05, 0.1) is 17.8 Å². The summed E-state index contributed by atoms with van der Waals surface area (Å²) in [6.07, 6.45) is 4.70. The molecule has 1 aromatic heterocycles. The first-order valence-electron chi connectivity index (χ1n) is 9.91. The molecule has 5 heteroatoms. The van der Waals surface area contributed by atoms with Gasteiger partial charge in [-0.3, -0.25) is 4.84 Å². The summed E-state index contributed by atoms with van der Waals surface area (Å²) in [6, 6.07) is 4.35. The largest absolute Gasteiger partial charge is 0.372 e. The molecule has 0 N–H and O–H groups in total. The molecule has 0 bridgehead atoms. The minimum atomic E-state index is -0.0587. The molecule has 26 heavy (non-hydrogen) atoms. The first kappa shape index (κ1) is 19.6. The van der Waals surface area contributed by atoms with Crippen LogP contribution in [-0.4, -0.2) is 54.0 Å². The first-order chi connectivity index (χ1) is 12.1. The predicted molar refractivity (Wildman–Crippen MR) is 105 cm³/mol. The van der Waals surface area contributed by atoms with Crippen LogP contribution in [0.2, 0.25) is 0 Å². The standard InChI is InChI=1S/C21H35N3O2/c1-20(2,3)16-7-8-19(22-15-16)23-9-11-24(12-10-23)26-18-13-17(14-18)25-21(4,5)6/h7-8,15,17-18H,9-14H2,1-6H3. The van der Waals surface area contributed by atoms with Crippen LogP contribution in [0.15, 0.2) is 18.3 Å². The van der Waals surface area contributed by atoms with E-state index in [0.717, 1.165) is 44.8 Å². The number of pyridine rings is 1. The number of hydrogen-bond donors (Lipinski definition) is 0. The van der Waals surface area contributed by atoms with Gasteiger partial charge in [0.2, 0.25) is 0 Å². The highest BCUT2D eigenvalue weighted by atomic mass is 16.7. The summed E-state index contributed by atoms with van der Waals surface area (Å²) in [7, 11) is 0. The summed E-state index contributed by atoms with van der Waals surface area (Å²) >= 11 is 0. The number of hydroxylamine groups is 2. The van der Waals surface area contributed by atoms with E-state index in [2.05, 4.69) is 68.6 Å². The highest BCUT2D eigenvalue weighted by Crippen LogP contribution is 2.31. The third-order valence-electron chi connectivity index (χ3n) is 5.05. The second kappa shape index (κ2) is 7.45. The Morgan fingerprint density at radius 3 is 2.08 bits per heavy atom. The maximum Gasteiger partial charge on any atom is 0.128 e. The highest BCUT2D eigenvalue weighted by molar-refractivity contribution is 5.41. The number of ether oxygens (including phenoxy) is 1. The molecule has 0 unspecified atom stereocenters. The Kier molecular flexibility index (Phi) is 5.61. The van der Waals surface area contributed by atoms with Crippen molar-refractivity contribution in [1.82, 2.24) is 10.0 Å². The molecule has 146 valence electrons. The Morgan fingerprint density at radius 2 is 1.58 bits per heavy atom. The van der Waals surface area contributed by atoms with Gasteiger partial charge in [-0.2, -0.15) is 5.06 Å². The summed E-state index contributed by atoms with van der Waals surface area (Å²) in [5, 5.41) is 2.12. The number of piperazine rings is 1. The van der Waals surface area contributed by atoms with Gasteiger partial charge < -0.3 is 9.64 Å². The van der Waals surface area contributed by atoms with Crippen molar-refractivity contribution in [2.45, 2.75) is 77.6 Å². The molecule has 0 aromatic carbocycles. The number of hydrogen-bond acceptors (Lipinski definition) is 5. The Bertz CT molecular complexity index is 575. The van der Waals surface area contributed by atoms with Crippen molar-refractivity contribution in [2.75, 3.05) is 31.1 Å². The van der Waals surface area contributed by atoms with Crippen molar-refractivity contribution in [2.24, 2.45) is 0 Å². The zero-order valence-corrected chi connectivity index (χ0v) is 17.3. The van der Waals surface area contributed by atoms with Crippen LogP contribution in [0.3, 0.4) is 0 Å². The van der Waals surface area contributed by atoms with Crippen LogP contribution >= 0.6 is 0 Å². The van der Waals surface area contributed by atoms with Gasteiger partial charge >= 0.3 is 0 Å². The highest BCUT2D eigenvalue weighted by Gasteiger charge is 2.35. The molecule has 5 nitrogen and oxygen atoms in total. The molecule has 0 spiro atoms. The molecule has 0 amide bonds. The molecule has 2 heterocycles. The zero-order chi connectivity index (χ0) is 18.9. The molecule has 1 saturated heterocycles. The average molecular weight is 362 g/mol. The lowest BCUT2D eigenvalue weighted by Gasteiger charge is -2.42. The minimum Gasteiger partial charge on any atom is -0.372 e. The fraction of sp³-hybridized carbons (Fsp3) is 0.762. The van der Waals surface area contributed by atoms with Gasteiger partial charge in [-0.15, -0.1) is 0 Å². The summed E-state index contributed by atoms with van der Waals surface area (Å²) in [5.74, 6) is 1.07. The van der Waals surface area contributed by atoms with E-state index in [1.807, 2.05) is 6.20 Å². The molecular weight excluding hydrogens is 326 g/mol. The number of anilines is 1. The molecular formula is C21H35N3O2. The lowest BCUT2D eigenvalue weighted by atomic mass is 9.88. The maximum atomic E-state index is 6.13. The van der Waals surface area contributed by atoms with E-state index in [1.54, 1.807) is 0 Å². The molecule has 1 aromatic rings. The summed E-state index contributed by atoms with van der Waals surface area (Å²) < 4.78 is 5.99. The van der Waals surface area contributed by atoms with Crippen molar-refractivity contribution in [1.29, 1.82) is 0 Å². The lowest BCUT2D eigenvalue weighted by molar-refractivity contribution is -0.250. The summed E-state index contributed by atoms with van der Waals surface area (Å²) in [5.41, 5.74) is 1.37. The van der Waals surface area contributed by atoms with Gasteiger partial charge in [0, 0.05) is 45.2 Å². The Balaban J connectivity index is 1.41. The van der Waals surface area contributed by atoms with Gasteiger partial charge in [-0.25, -0.2) is 4.98 Å². The SMILES string of the molecule is CC(C)(C)OC1CC(ON2CCN(c3ccc(C(C)(C)C)cn3)CC2)C1. The van der Waals surface area contributed by atoms with Gasteiger partial charge in [0.25, 0.3) is 0 Å². The monoisotopic (exact) mass is 361 g/mol. The molecule has 3 rings (SSSR count). The second-order valence-electron chi connectivity index (χ2n) is 9.62.